The van der Waals surface area contributed by atoms with Gasteiger partial charge in [-0.3, -0.25) is 18.8 Å². The number of pyridine rings is 4. The maximum absolute atomic E-state index is 5.05. The molecular formula is C30H20N6. The summed E-state index contributed by atoms with van der Waals surface area (Å²) in [5.41, 5.74) is 6.18. The molecule has 0 saturated heterocycles. The van der Waals surface area contributed by atoms with Gasteiger partial charge >= 0.3 is 0 Å². The lowest BCUT2D eigenvalue weighted by atomic mass is 10.1. The van der Waals surface area contributed by atoms with Crippen molar-refractivity contribution in [2.45, 2.75) is 12.8 Å². The summed E-state index contributed by atoms with van der Waals surface area (Å²) in [6, 6.07) is 21.1. The fourth-order valence-corrected chi connectivity index (χ4v) is 5.54. The third-order valence-electron chi connectivity index (χ3n) is 7.18. The van der Waals surface area contributed by atoms with Gasteiger partial charge in [0.2, 0.25) is 0 Å². The van der Waals surface area contributed by atoms with E-state index < -0.39 is 0 Å². The van der Waals surface area contributed by atoms with Crippen LogP contribution in [0.2, 0.25) is 0 Å². The highest BCUT2D eigenvalue weighted by Crippen LogP contribution is 2.30. The van der Waals surface area contributed by atoms with Gasteiger partial charge in [0.05, 0.1) is 34.8 Å². The van der Waals surface area contributed by atoms with E-state index in [1.54, 1.807) is 0 Å². The van der Waals surface area contributed by atoms with Crippen molar-refractivity contribution >= 4 is 54.6 Å². The summed E-state index contributed by atoms with van der Waals surface area (Å²) in [5.74, 6) is 0. The molecular weight excluding hydrogens is 444 g/mol. The Kier molecular flexibility index (Phi) is 3.96. The standard InChI is InChI=1S/C30H20N6/c1-3-7-25-21(5-1)23-11-13-31-15-27(23)35-17-19(33-29(25)35)9-10-20-18-36-28-16-32-14-12-24(28)22-6-2-4-8-26(22)30(36)34-20/h1-8,11-18H,9-10H2. The van der Waals surface area contributed by atoms with Crippen molar-refractivity contribution < 1.29 is 0 Å². The molecule has 0 aliphatic rings. The Morgan fingerprint density at radius 3 is 1.42 bits per heavy atom. The molecule has 0 spiro atoms. The highest BCUT2D eigenvalue weighted by atomic mass is 15.0. The number of aromatic nitrogens is 6. The summed E-state index contributed by atoms with van der Waals surface area (Å²) in [5, 5.41) is 7.08. The molecule has 0 aliphatic heterocycles. The van der Waals surface area contributed by atoms with Crippen LogP contribution in [0.4, 0.5) is 0 Å². The number of nitrogens with zero attached hydrogens (tertiary/aromatic N) is 6. The van der Waals surface area contributed by atoms with Crippen molar-refractivity contribution in [2.75, 3.05) is 0 Å². The first-order valence-electron chi connectivity index (χ1n) is 12.1. The van der Waals surface area contributed by atoms with Gasteiger partial charge in [0.15, 0.2) is 0 Å². The molecule has 6 heterocycles. The van der Waals surface area contributed by atoms with E-state index in [9.17, 15) is 0 Å². The zero-order chi connectivity index (χ0) is 23.6. The molecule has 6 nitrogen and oxygen atoms in total. The monoisotopic (exact) mass is 464 g/mol. The quantitative estimate of drug-likeness (QED) is 0.293. The molecule has 8 rings (SSSR count). The first-order valence-corrected chi connectivity index (χ1v) is 12.1. The first kappa shape index (κ1) is 19.5. The lowest BCUT2D eigenvalue weighted by Crippen LogP contribution is -1.91. The predicted octanol–water partition coefficient (Wildman–Crippen LogP) is 6.17. The van der Waals surface area contributed by atoms with Crippen LogP contribution in [0.25, 0.3) is 54.6 Å². The molecule has 0 amide bonds. The van der Waals surface area contributed by atoms with Crippen molar-refractivity contribution in [1.82, 2.24) is 28.7 Å². The summed E-state index contributed by atoms with van der Waals surface area (Å²) in [4.78, 5) is 18.9. The van der Waals surface area contributed by atoms with Gasteiger partial charge in [-0.2, -0.15) is 0 Å². The zero-order valence-electron chi connectivity index (χ0n) is 19.3. The molecule has 0 unspecified atom stereocenters. The van der Waals surface area contributed by atoms with Gasteiger partial charge < -0.3 is 0 Å². The Hall–Kier alpha value is -4.84. The molecule has 2 aromatic carbocycles. The van der Waals surface area contributed by atoms with E-state index in [2.05, 4.69) is 91.8 Å². The summed E-state index contributed by atoms with van der Waals surface area (Å²) < 4.78 is 4.35. The fourth-order valence-electron chi connectivity index (χ4n) is 5.54. The maximum Gasteiger partial charge on any atom is 0.145 e. The van der Waals surface area contributed by atoms with Crippen molar-refractivity contribution in [3.05, 3.63) is 109 Å². The Morgan fingerprint density at radius 2 is 0.944 bits per heavy atom. The number of rotatable bonds is 3. The average Bonchev–Trinajstić information content (AvgIpc) is 3.58. The number of hydrogen-bond donors (Lipinski definition) is 0. The van der Waals surface area contributed by atoms with Crippen LogP contribution < -0.4 is 0 Å². The van der Waals surface area contributed by atoms with Crippen LogP contribution in [0.5, 0.6) is 0 Å². The lowest BCUT2D eigenvalue weighted by molar-refractivity contribution is 0.901. The number of aryl methyl sites for hydroxylation is 2. The zero-order valence-corrected chi connectivity index (χ0v) is 19.3. The van der Waals surface area contributed by atoms with E-state index in [-0.39, 0.29) is 0 Å². The molecule has 0 aliphatic carbocycles. The van der Waals surface area contributed by atoms with Crippen molar-refractivity contribution in [3.8, 4) is 0 Å². The van der Waals surface area contributed by atoms with Crippen LogP contribution in [0.3, 0.4) is 0 Å². The van der Waals surface area contributed by atoms with Crippen LogP contribution in [-0.4, -0.2) is 28.7 Å². The van der Waals surface area contributed by atoms with Gasteiger partial charge in [-0.05, 0) is 35.7 Å². The first-order chi connectivity index (χ1) is 17.8. The molecule has 0 saturated carbocycles. The maximum atomic E-state index is 5.05. The van der Waals surface area contributed by atoms with E-state index in [0.717, 1.165) is 57.3 Å². The molecule has 0 radical (unpaired) electrons. The molecule has 0 atom stereocenters. The summed E-state index contributed by atoms with van der Waals surface area (Å²) in [6.45, 7) is 0. The largest absolute Gasteiger partial charge is 0.297 e. The number of hydrogen-bond acceptors (Lipinski definition) is 4. The van der Waals surface area contributed by atoms with Gasteiger partial charge in [-0.1, -0.05) is 48.5 Å². The third kappa shape index (κ3) is 2.72. The average molecular weight is 465 g/mol. The van der Waals surface area contributed by atoms with Gasteiger partial charge in [-0.15, -0.1) is 0 Å². The predicted molar refractivity (Wildman–Crippen MR) is 143 cm³/mol. The molecule has 0 N–H and O–H groups in total. The Bertz CT molecular complexity index is 1820. The minimum Gasteiger partial charge on any atom is -0.297 e. The van der Waals surface area contributed by atoms with E-state index in [0.29, 0.717) is 0 Å². The van der Waals surface area contributed by atoms with Crippen molar-refractivity contribution in [1.29, 1.82) is 0 Å². The van der Waals surface area contributed by atoms with E-state index in [1.807, 2.05) is 24.8 Å². The summed E-state index contributed by atoms with van der Waals surface area (Å²) in [7, 11) is 0. The topological polar surface area (TPSA) is 60.4 Å². The van der Waals surface area contributed by atoms with E-state index in [4.69, 9.17) is 9.97 Å². The van der Waals surface area contributed by atoms with Crippen molar-refractivity contribution in [3.63, 3.8) is 0 Å². The van der Waals surface area contributed by atoms with Crippen LogP contribution >= 0.6 is 0 Å². The Morgan fingerprint density at radius 1 is 0.500 bits per heavy atom. The second kappa shape index (κ2) is 7.33. The number of benzene rings is 2. The van der Waals surface area contributed by atoms with Gasteiger partial charge in [0, 0.05) is 46.3 Å². The van der Waals surface area contributed by atoms with Crippen LogP contribution in [-0.2, 0) is 12.8 Å². The van der Waals surface area contributed by atoms with Gasteiger partial charge in [0.1, 0.15) is 11.3 Å². The number of imidazole rings is 2. The second-order valence-corrected chi connectivity index (χ2v) is 9.23. The number of fused-ring (bicyclic) bond motifs is 12. The molecule has 0 fully saturated rings. The van der Waals surface area contributed by atoms with Crippen molar-refractivity contribution in [2.24, 2.45) is 0 Å². The molecule has 170 valence electrons. The highest BCUT2D eigenvalue weighted by Gasteiger charge is 2.14. The lowest BCUT2D eigenvalue weighted by Gasteiger charge is -2.06. The van der Waals surface area contributed by atoms with Crippen LogP contribution in [0, 0.1) is 0 Å². The second-order valence-electron chi connectivity index (χ2n) is 9.23. The molecule has 6 aromatic heterocycles. The van der Waals surface area contributed by atoms with E-state index >= 15 is 0 Å². The minimum absolute atomic E-state index is 0.801. The molecule has 6 heteroatoms. The SMILES string of the molecule is c1ccc2c(c1)c1ccncc1n1cc(CCc3cn4c5cnccc5c5ccccc5c4n3)nc21. The van der Waals surface area contributed by atoms with Crippen LogP contribution in [0.1, 0.15) is 11.4 Å². The minimum atomic E-state index is 0.801. The Labute approximate surface area is 205 Å². The third-order valence-corrected chi connectivity index (χ3v) is 7.18. The summed E-state index contributed by atoms with van der Waals surface area (Å²) >= 11 is 0. The molecule has 0 bridgehead atoms. The van der Waals surface area contributed by atoms with Crippen LogP contribution in [0.15, 0.2) is 97.8 Å². The smallest absolute Gasteiger partial charge is 0.145 e. The normalized spacial score (nSPS) is 12.1. The summed E-state index contributed by atoms with van der Waals surface area (Å²) in [6.07, 6.45) is 13.5. The molecule has 36 heavy (non-hydrogen) atoms. The van der Waals surface area contributed by atoms with Gasteiger partial charge in [-0.25, -0.2) is 9.97 Å². The highest BCUT2D eigenvalue weighted by molar-refractivity contribution is 6.12. The Balaban J connectivity index is 1.25. The molecule has 8 aromatic rings. The van der Waals surface area contributed by atoms with E-state index in [1.165, 1.54) is 21.5 Å². The fraction of sp³-hybridized carbons (Fsp3) is 0.0667. The van der Waals surface area contributed by atoms with Gasteiger partial charge in [0.25, 0.3) is 0 Å².